The lowest BCUT2D eigenvalue weighted by atomic mass is 9.76. The maximum Gasteiger partial charge on any atom is 0.106 e. The Morgan fingerprint density at radius 3 is 2.12 bits per heavy atom. The highest BCUT2D eigenvalue weighted by molar-refractivity contribution is 4.88. The van der Waals surface area contributed by atoms with Crippen molar-refractivity contribution in [1.82, 2.24) is 0 Å². The van der Waals surface area contributed by atoms with Gasteiger partial charge in [-0.25, -0.2) is 8.78 Å². The molecule has 0 aromatic carbocycles. The van der Waals surface area contributed by atoms with Crippen molar-refractivity contribution in [3.8, 4) is 0 Å². The van der Waals surface area contributed by atoms with E-state index in [0.29, 0.717) is 18.8 Å². The minimum Gasteiger partial charge on any atom is -0.378 e. The molecule has 0 N–H and O–H groups in total. The van der Waals surface area contributed by atoms with Gasteiger partial charge < -0.3 is 4.74 Å². The highest BCUT2D eigenvalue weighted by Crippen LogP contribution is 2.38. The SMILES string of the molecule is CC1CCC(C2CC(F)C(C)C(F)C2)OC1. The van der Waals surface area contributed by atoms with Crippen LogP contribution < -0.4 is 0 Å². The Morgan fingerprint density at radius 2 is 1.62 bits per heavy atom. The molecule has 0 spiro atoms. The van der Waals surface area contributed by atoms with Crippen LogP contribution in [-0.4, -0.2) is 25.1 Å². The van der Waals surface area contributed by atoms with E-state index < -0.39 is 18.3 Å². The van der Waals surface area contributed by atoms with Crippen LogP contribution in [0.3, 0.4) is 0 Å². The Balaban J connectivity index is 1.90. The average molecular weight is 232 g/mol. The van der Waals surface area contributed by atoms with E-state index in [1.54, 1.807) is 6.92 Å². The fourth-order valence-corrected chi connectivity index (χ4v) is 2.91. The Hall–Kier alpha value is -0.180. The van der Waals surface area contributed by atoms with Gasteiger partial charge in [0.05, 0.1) is 6.10 Å². The van der Waals surface area contributed by atoms with Gasteiger partial charge in [-0.15, -0.1) is 0 Å². The van der Waals surface area contributed by atoms with Crippen LogP contribution in [-0.2, 0) is 4.74 Å². The van der Waals surface area contributed by atoms with Crippen LogP contribution in [0.1, 0.15) is 39.5 Å². The molecule has 1 heterocycles. The van der Waals surface area contributed by atoms with E-state index >= 15 is 0 Å². The lowest BCUT2D eigenvalue weighted by Crippen LogP contribution is -2.41. The van der Waals surface area contributed by atoms with E-state index in [1.807, 2.05) is 0 Å². The monoisotopic (exact) mass is 232 g/mol. The Labute approximate surface area is 96.6 Å². The third-order valence-corrected chi connectivity index (χ3v) is 4.26. The zero-order valence-corrected chi connectivity index (χ0v) is 10.2. The summed E-state index contributed by atoms with van der Waals surface area (Å²) in [5.41, 5.74) is 0. The van der Waals surface area contributed by atoms with Crippen LogP contribution in [0.25, 0.3) is 0 Å². The molecule has 1 aliphatic heterocycles. The van der Waals surface area contributed by atoms with Crippen molar-refractivity contribution in [3.05, 3.63) is 0 Å². The first-order chi connectivity index (χ1) is 7.58. The second kappa shape index (κ2) is 4.99. The normalized spacial score (nSPS) is 50.2. The number of rotatable bonds is 1. The minimum absolute atomic E-state index is 0.0914. The fraction of sp³-hybridized carbons (Fsp3) is 1.00. The fourth-order valence-electron chi connectivity index (χ4n) is 2.91. The number of alkyl halides is 2. The van der Waals surface area contributed by atoms with Crippen LogP contribution in [0, 0.1) is 17.8 Å². The molecule has 94 valence electrons. The number of ether oxygens (including phenoxy) is 1. The average Bonchev–Trinajstić information content (AvgIpc) is 2.26. The van der Waals surface area contributed by atoms with Crippen molar-refractivity contribution in [1.29, 1.82) is 0 Å². The van der Waals surface area contributed by atoms with Crippen LogP contribution in [0.2, 0.25) is 0 Å². The molecule has 1 saturated heterocycles. The predicted molar refractivity (Wildman–Crippen MR) is 59.8 cm³/mol. The molecule has 1 nitrogen and oxygen atoms in total. The molecule has 16 heavy (non-hydrogen) atoms. The summed E-state index contributed by atoms with van der Waals surface area (Å²) in [6.07, 6.45) is 1.19. The van der Waals surface area contributed by atoms with E-state index in [9.17, 15) is 8.78 Å². The molecule has 2 aliphatic rings. The van der Waals surface area contributed by atoms with E-state index in [-0.39, 0.29) is 12.0 Å². The molecule has 1 saturated carbocycles. The van der Waals surface area contributed by atoms with Gasteiger partial charge in [-0.3, -0.25) is 0 Å². The maximum absolute atomic E-state index is 13.6. The zero-order chi connectivity index (χ0) is 11.7. The summed E-state index contributed by atoms with van der Waals surface area (Å²) in [7, 11) is 0. The first-order valence-corrected chi connectivity index (χ1v) is 6.47. The van der Waals surface area contributed by atoms with E-state index in [1.165, 1.54) is 0 Å². The molecule has 0 aromatic rings. The van der Waals surface area contributed by atoms with Gasteiger partial charge in [0.15, 0.2) is 0 Å². The van der Waals surface area contributed by atoms with Crippen LogP contribution in [0.5, 0.6) is 0 Å². The third kappa shape index (κ3) is 2.55. The Morgan fingerprint density at radius 1 is 1.00 bits per heavy atom. The van der Waals surface area contributed by atoms with Crippen LogP contribution in [0.15, 0.2) is 0 Å². The van der Waals surface area contributed by atoms with Gasteiger partial charge in [0.25, 0.3) is 0 Å². The molecule has 2 fully saturated rings. The van der Waals surface area contributed by atoms with Crippen molar-refractivity contribution >= 4 is 0 Å². The number of halogens is 2. The Bertz CT molecular complexity index is 214. The summed E-state index contributed by atoms with van der Waals surface area (Å²) in [5, 5.41) is 0. The maximum atomic E-state index is 13.6. The molecule has 0 radical (unpaired) electrons. The largest absolute Gasteiger partial charge is 0.378 e. The second-order valence-corrected chi connectivity index (χ2v) is 5.68. The molecule has 1 aliphatic carbocycles. The zero-order valence-electron chi connectivity index (χ0n) is 10.2. The van der Waals surface area contributed by atoms with Crippen molar-refractivity contribution in [2.45, 2.75) is 58.0 Å². The molecule has 2 rings (SSSR count). The molecular formula is C13H22F2O. The third-order valence-electron chi connectivity index (χ3n) is 4.26. The summed E-state index contributed by atoms with van der Waals surface area (Å²) in [5.74, 6) is 0.258. The molecule has 0 aromatic heterocycles. The molecule has 3 heteroatoms. The second-order valence-electron chi connectivity index (χ2n) is 5.68. The van der Waals surface area contributed by atoms with Crippen molar-refractivity contribution in [3.63, 3.8) is 0 Å². The molecular weight excluding hydrogens is 210 g/mol. The Kier molecular flexibility index (Phi) is 3.83. The van der Waals surface area contributed by atoms with Gasteiger partial charge in [0.1, 0.15) is 12.3 Å². The van der Waals surface area contributed by atoms with Crippen LogP contribution in [0.4, 0.5) is 8.78 Å². The summed E-state index contributed by atoms with van der Waals surface area (Å²) < 4.78 is 33.0. The highest BCUT2D eigenvalue weighted by atomic mass is 19.1. The van der Waals surface area contributed by atoms with Gasteiger partial charge >= 0.3 is 0 Å². The van der Waals surface area contributed by atoms with E-state index in [2.05, 4.69) is 6.92 Å². The van der Waals surface area contributed by atoms with Crippen LogP contribution >= 0.6 is 0 Å². The lowest BCUT2D eigenvalue weighted by Gasteiger charge is -2.39. The van der Waals surface area contributed by atoms with E-state index in [4.69, 9.17) is 4.74 Å². The van der Waals surface area contributed by atoms with Crippen molar-refractivity contribution in [2.75, 3.05) is 6.61 Å². The minimum atomic E-state index is -0.989. The van der Waals surface area contributed by atoms with Crippen molar-refractivity contribution in [2.24, 2.45) is 17.8 Å². The summed E-state index contributed by atoms with van der Waals surface area (Å²) in [4.78, 5) is 0. The van der Waals surface area contributed by atoms with Gasteiger partial charge in [-0.05, 0) is 37.5 Å². The van der Waals surface area contributed by atoms with Gasteiger partial charge in [0.2, 0.25) is 0 Å². The standard InChI is InChI=1S/C13H22F2O/c1-8-3-4-13(16-7-8)10-5-11(14)9(2)12(15)6-10/h8-13H,3-7H2,1-2H3. The highest BCUT2D eigenvalue weighted by Gasteiger charge is 2.39. The van der Waals surface area contributed by atoms with Gasteiger partial charge in [-0.1, -0.05) is 13.8 Å². The van der Waals surface area contributed by atoms with Crippen molar-refractivity contribution < 1.29 is 13.5 Å². The lowest BCUT2D eigenvalue weighted by molar-refractivity contribution is -0.0763. The van der Waals surface area contributed by atoms with Gasteiger partial charge in [0, 0.05) is 12.5 Å². The summed E-state index contributed by atoms with van der Waals surface area (Å²) >= 11 is 0. The molecule has 4 atom stereocenters. The number of hydrogen-bond donors (Lipinski definition) is 0. The van der Waals surface area contributed by atoms with E-state index in [0.717, 1.165) is 19.4 Å². The smallest absolute Gasteiger partial charge is 0.106 e. The van der Waals surface area contributed by atoms with Gasteiger partial charge in [-0.2, -0.15) is 0 Å². The molecule has 4 unspecified atom stereocenters. The summed E-state index contributed by atoms with van der Waals surface area (Å²) in [6, 6.07) is 0. The number of hydrogen-bond acceptors (Lipinski definition) is 1. The quantitative estimate of drug-likeness (QED) is 0.672. The first kappa shape index (κ1) is 12.3. The molecule has 0 amide bonds. The summed E-state index contributed by atoms with van der Waals surface area (Å²) in [6.45, 7) is 4.59. The molecule has 0 bridgehead atoms. The predicted octanol–water partition coefficient (Wildman–Crippen LogP) is 3.52. The first-order valence-electron chi connectivity index (χ1n) is 6.47. The topological polar surface area (TPSA) is 9.23 Å².